The zero-order valence-corrected chi connectivity index (χ0v) is 19.4. The average molecular weight is 455 g/mol. The van der Waals surface area contributed by atoms with Crippen LogP contribution in [0.4, 0.5) is 0 Å². The first-order valence-corrected chi connectivity index (χ1v) is 13.3. The lowest BCUT2D eigenvalue weighted by Crippen LogP contribution is -2.20. The number of hydrogen-bond donors (Lipinski definition) is 1. The molecule has 1 atom stereocenters. The molecule has 158 valence electrons. The summed E-state index contributed by atoms with van der Waals surface area (Å²) in [5, 5.41) is 0. The minimum atomic E-state index is -4.65. The molecule has 0 radical (unpaired) electrons. The molecule has 0 saturated carbocycles. The summed E-state index contributed by atoms with van der Waals surface area (Å²) in [4.78, 5) is 10.2. The first-order valence-electron chi connectivity index (χ1n) is 9.43. The van der Waals surface area contributed by atoms with Gasteiger partial charge in [0.1, 0.15) is 0 Å². The lowest BCUT2D eigenvalue weighted by Gasteiger charge is -2.31. The van der Waals surface area contributed by atoms with E-state index in [1.54, 1.807) is 0 Å². The average Bonchev–Trinajstić information content (AvgIpc) is 2.59. The third-order valence-corrected chi connectivity index (χ3v) is 10.6. The maximum absolute atomic E-state index is 13.2. The second-order valence-electron chi connectivity index (χ2n) is 6.15. The smallest absolute Gasteiger partial charge is 0.322 e. The minimum absolute atomic E-state index is 0.00548. The van der Waals surface area contributed by atoms with Gasteiger partial charge in [0.15, 0.2) is 0 Å². The highest BCUT2D eigenvalue weighted by Gasteiger charge is 2.63. The van der Waals surface area contributed by atoms with Gasteiger partial charge in [0.05, 0.1) is 19.8 Å². The Labute approximate surface area is 168 Å². The molecular formula is C16H34Cl2O6P2. The molecule has 1 unspecified atom stereocenters. The first kappa shape index (κ1) is 26.9. The Morgan fingerprint density at radius 1 is 0.731 bits per heavy atom. The van der Waals surface area contributed by atoms with Crippen LogP contribution in [0.3, 0.4) is 0 Å². The SMILES string of the molecule is CCCCCOP(=O)(O)C(Cl)(Cl)P(=O)(OCCCCC)OCCCCC. The lowest BCUT2D eigenvalue weighted by atomic mass is 10.3. The molecule has 0 aromatic heterocycles. The van der Waals surface area contributed by atoms with Gasteiger partial charge in [-0.25, -0.2) is 0 Å². The van der Waals surface area contributed by atoms with E-state index in [-0.39, 0.29) is 19.8 Å². The van der Waals surface area contributed by atoms with Crippen LogP contribution in [-0.2, 0) is 22.7 Å². The molecule has 6 nitrogen and oxygen atoms in total. The van der Waals surface area contributed by atoms with E-state index < -0.39 is 19.0 Å². The molecule has 0 heterocycles. The monoisotopic (exact) mass is 454 g/mol. The molecule has 0 aromatic carbocycles. The highest BCUT2D eigenvalue weighted by Crippen LogP contribution is 2.80. The topological polar surface area (TPSA) is 82.1 Å². The fourth-order valence-electron chi connectivity index (χ4n) is 2.04. The maximum Gasteiger partial charge on any atom is 0.379 e. The molecule has 0 spiro atoms. The third-order valence-electron chi connectivity index (χ3n) is 3.70. The van der Waals surface area contributed by atoms with Gasteiger partial charge in [0.25, 0.3) is 0 Å². The number of alkyl halides is 2. The van der Waals surface area contributed by atoms with Crippen molar-refractivity contribution < 1.29 is 27.6 Å². The summed E-state index contributed by atoms with van der Waals surface area (Å²) in [6, 6.07) is 0. The summed E-state index contributed by atoms with van der Waals surface area (Å²) in [5.41, 5.74) is 0. The highest BCUT2D eigenvalue weighted by molar-refractivity contribution is 7.79. The quantitative estimate of drug-likeness (QED) is 0.143. The Bertz CT molecular complexity index is 446. The maximum atomic E-state index is 13.2. The fourth-order valence-corrected chi connectivity index (χ4v) is 6.33. The molecule has 0 bridgehead atoms. The molecular weight excluding hydrogens is 421 g/mol. The van der Waals surface area contributed by atoms with Crippen molar-refractivity contribution in [3.05, 3.63) is 0 Å². The summed E-state index contributed by atoms with van der Waals surface area (Å²) in [5.74, 6) is 0. The van der Waals surface area contributed by atoms with E-state index in [1.807, 2.05) is 20.8 Å². The van der Waals surface area contributed by atoms with Gasteiger partial charge in [-0.05, 0) is 19.3 Å². The van der Waals surface area contributed by atoms with Crippen molar-refractivity contribution in [3.8, 4) is 0 Å². The fraction of sp³-hybridized carbons (Fsp3) is 1.00. The Morgan fingerprint density at radius 3 is 1.42 bits per heavy atom. The highest BCUT2D eigenvalue weighted by atomic mass is 35.5. The second kappa shape index (κ2) is 14.0. The third kappa shape index (κ3) is 8.92. The van der Waals surface area contributed by atoms with E-state index in [1.165, 1.54) is 0 Å². The Kier molecular flexibility index (Phi) is 14.4. The van der Waals surface area contributed by atoms with Gasteiger partial charge in [-0.1, -0.05) is 82.5 Å². The summed E-state index contributed by atoms with van der Waals surface area (Å²) >= 11 is 12.2. The summed E-state index contributed by atoms with van der Waals surface area (Å²) < 4.78 is 38.8. The normalized spacial score (nSPS) is 15.2. The Hall–Kier alpha value is 0.880. The van der Waals surface area contributed by atoms with E-state index in [0.29, 0.717) is 19.3 Å². The van der Waals surface area contributed by atoms with Crippen molar-refractivity contribution in [2.75, 3.05) is 19.8 Å². The van der Waals surface area contributed by atoms with Crippen molar-refractivity contribution in [3.63, 3.8) is 0 Å². The van der Waals surface area contributed by atoms with Crippen LogP contribution in [0.15, 0.2) is 0 Å². The van der Waals surface area contributed by atoms with E-state index in [2.05, 4.69) is 0 Å². The van der Waals surface area contributed by atoms with E-state index in [9.17, 15) is 14.0 Å². The number of unbranched alkanes of at least 4 members (excludes halogenated alkanes) is 6. The molecule has 0 saturated heterocycles. The molecule has 0 aliphatic heterocycles. The van der Waals surface area contributed by atoms with E-state index in [4.69, 9.17) is 36.8 Å². The van der Waals surface area contributed by atoms with Gasteiger partial charge in [0.2, 0.25) is 0 Å². The number of halogens is 2. The van der Waals surface area contributed by atoms with Crippen molar-refractivity contribution in [2.24, 2.45) is 0 Å². The molecule has 0 rings (SSSR count). The van der Waals surface area contributed by atoms with Gasteiger partial charge in [-0.2, -0.15) is 0 Å². The minimum Gasteiger partial charge on any atom is -0.322 e. The largest absolute Gasteiger partial charge is 0.379 e. The van der Waals surface area contributed by atoms with Crippen LogP contribution in [0, 0.1) is 0 Å². The molecule has 26 heavy (non-hydrogen) atoms. The van der Waals surface area contributed by atoms with Crippen molar-refractivity contribution in [1.82, 2.24) is 0 Å². The zero-order chi connectivity index (χ0) is 20.1. The van der Waals surface area contributed by atoms with E-state index in [0.717, 1.165) is 38.5 Å². The van der Waals surface area contributed by atoms with Crippen LogP contribution in [0.5, 0.6) is 0 Å². The molecule has 10 heteroatoms. The molecule has 0 aliphatic carbocycles. The predicted octanol–water partition coefficient (Wildman–Crippen LogP) is 7.07. The summed E-state index contributed by atoms with van der Waals surface area (Å²) in [7, 11) is -8.94. The van der Waals surface area contributed by atoms with Crippen LogP contribution < -0.4 is 0 Å². The van der Waals surface area contributed by atoms with Crippen LogP contribution in [-0.4, -0.2) is 28.5 Å². The van der Waals surface area contributed by atoms with E-state index >= 15 is 0 Å². The number of hydrogen-bond acceptors (Lipinski definition) is 5. The van der Waals surface area contributed by atoms with Gasteiger partial charge in [-0.3, -0.25) is 9.13 Å². The summed E-state index contributed by atoms with van der Waals surface area (Å²) in [6.45, 7) is 6.18. The van der Waals surface area contributed by atoms with Gasteiger partial charge < -0.3 is 18.5 Å². The van der Waals surface area contributed by atoms with Crippen LogP contribution in [0.25, 0.3) is 0 Å². The Morgan fingerprint density at radius 2 is 1.08 bits per heavy atom. The van der Waals surface area contributed by atoms with Gasteiger partial charge in [-0.15, -0.1) is 0 Å². The lowest BCUT2D eigenvalue weighted by molar-refractivity contribution is 0.192. The summed E-state index contributed by atoms with van der Waals surface area (Å²) in [6.07, 6.45) is 7.17. The van der Waals surface area contributed by atoms with Crippen LogP contribution in [0.1, 0.15) is 78.6 Å². The van der Waals surface area contributed by atoms with Gasteiger partial charge >= 0.3 is 19.0 Å². The predicted molar refractivity (Wildman–Crippen MR) is 108 cm³/mol. The molecule has 1 N–H and O–H groups in total. The van der Waals surface area contributed by atoms with Crippen LogP contribution >= 0.6 is 38.4 Å². The molecule has 0 amide bonds. The van der Waals surface area contributed by atoms with Crippen molar-refractivity contribution in [1.29, 1.82) is 0 Å². The first-order chi connectivity index (χ1) is 12.2. The zero-order valence-electron chi connectivity index (χ0n) is 16.1. The molecule has 0 aliphatic rings. The molecule has 0 aromatic rings. The standard InChI is InChI=1S/C16H34Cl2O6P2/c1-4-7-10-13-22-25(19,20)16(17,18)26(21,23-14-11-8-5-2)24-15-12-9-6-3/h4-15H2,1-3H3,(H,19,20). The van der Waals surface area contributed by atoms with Crippen molar-refractivity contribution in [2.45, 2.75) is 82.4 Å². The van der Waals surface area contributed by atoms with Gasteiger partial charge in [0, 0.05) is 0 Å². The number of rotatable bonds is 17. The van der Waals surface area contributed by atoms with Crippen LogP contribution in [0.2, 0.25) is 0 Å². The van der Waals surface area contributed by atoms with Crippen molar-refractivity contribution >= 4 is 38.4 Å². The Balaban J connectivity index is 5.12. The second-order valence-corrected chi connectivity index (χ2v) is 13.0. The molecule has 0 fully saturated rings.